The first-order chi connectivity index (χ1) is 15.0. The van der Waals surface area contributed by atoms with Crippen molar-refractivity contribution in [1.29, 1.82) is 0 Å². The second kappa shape index (κ2) is 10.8. The summed E-state index contributed by atoms with van der Waals surface area (Å²) >= 11 is 2.18. The fraction of sp³-hybridized carbons (Fsp3) is 0.167. The number of methoxy groups -OCH3 is 2. The number of carbonyl (C=O) groups is 2. The number of para-hydroxylation sites is 1. The van der Waals surface area contributed by atoms with Crippen LogP contribution in [0.3, 0.4) is 0 Å². The number of hydrogen-bond acceptors (Lipinski definition) is 4. The summed E-state index contributed by atoms with van der Waals surface area (Å²) < 4.78 is 11.6. The van der Waals surface area contributed by atoms with Gasteiger partial charge < -0.3 is 20.1 Å². The van der Waals surface area contributed by atoms with E-state index in [1.165, 1.54) is 0 Å². The Balaban J connectivity index is 1.63. The van der Waals surface area contributed by atoms with E-state index in [1.54, 1.807) is 50.6 Å². The van der Waals surface area contributed by atoms with Crippen molar-refractivity contribution in [3.63, 3.8) is 0 Å². The smallest absolute Gasteiger partial charge is 0.255 e. The number of ether oxygens (including phenoxy) is 2. The summed E-state index contributed by atoms with van der Waals surface area (Å²) in [5.41, 5.74) is 2.42. The van der Waals surface area contributed by atoms with E-state index in [-0.39, 0.29) is 11.8 Å². The van der Waals surface area contributed by atoms with Gasteiger partial charge in [-0.3, -0.25) is 9.59 Å². The Hall–Kier alpha value is -3.07. The summed E-state index contributed by atoms with van der Waals surface area (Å²) in [5.74, 6) is 0.795. The highest BCUT2D eigenvalue weighted by molar-refractivity contribution is 14.1. The maximum atomic E-state index is 12.7. The molecule has 0 heterocycles. The zero-order valence-corrected chi connectivity index (χ0v) is 19.4. The molecule has 0 aliphatic carbocycles. The predicted molar refractivity (Wildman–Crippen MR) is 129 cm³/mol. The van der Waals surface area contributed by atoms with Crippen molar-refractivity contribution in [2.45, 2.75) is 6.42 Å². The van der Waals surface area contributed by atoms with Crippen LogP contribution in [0.2, 0.25) is 0 Å². The molecule has 0 unspecified atom stereocenters. The van der Waals surface area contributed by atoms with E-state index in [2.05, 4.69) is 33.2 Å². The van der Waals surface area contributed by atoms with Gasteiger partial charge in [0.2, 0.25) is 0 Å². The Morgan fingerprint density at radius 2 is 1.58 bits per heavy atom. The summed E-state index contributed by atoms with van der Waals surface area (Å²) in [6, 6.07) is 19.8. The van der Waals surface area contributed by atoms with E-state index in [4.69, 9.17) is 9.47 Å². The molecule has 0 aliphatic rings. The summed E-state index contributed by atoms with van der Waals surface area (Å²) in [7, 11) is 3.18. The van der Waals surface area contributed by atoms with Crippen molar-refractivity contribution in [2.75, 3.05) is 26.1 Å². The van der Waals surface area contributed by atoms with Crippen molar-refractivity contribution >= 4 is 40.1 Å². The first-order valence-electron chi connectivity index (χ1n) is 9.67. The molecule has 2 N–H and O–H groups in total. The molecular formula is C24H23IN2O4. The van der Waals surface area contributed by atoms with E-state index in [1.807, 2.05) is 30.3 Å². The molecule has 3 rings (SSSR count). The van der Waals surface area contributed by atoms with E-state index >= 15 is 0 Å². The Labute approximate surface area is 195 Å². The van der Waals surface area contributed by atoms with Crippen molar-refractivity contribution in [3.8, 4) is 11.5 Å². The summed E-state index contributed by atoms with van der Waals surface area (Å²) in [4.78, 5) is 25.3. The highest BCUT2D eigenvalue weighted by atomic mass is 127. The van der Waals surface area contributed by atoms with Gasteiger partial charge in [0.25, 0.3) is 11.8 Å². The third-order valence-electron chi connectivity index (χ3n) is 4.67. The van der Waals surface area contributed by atoms with E-state index in [9.17, 15) is 9.59 Å². The molecule has 0 saturated heterocycles. The molecule has 31 heavy (non-hydrogen) atoms. The summed E-state index contributed by atoms with van der Waals surface area (Å²) in [5, 5.41) is 5.74. The molecule has 7 heteroatoms. The van der Waals surface area contributed by atoms with E-state index in [0.29, 0.717) is 41.3 Å². The Bertz CT molecular complexity index is 1070. The van der Waals surface area contributed by atoms with Gasteiger partial charge in [-0.25, -0.2) is 0 Å². The summed E-state index contributed by atoms with van der Waals surface area (Å²) in [6.45, 7) is 0.438. The highest BCUT2D eigenvalue weighted by Crippen LogP contribution is 2.27. The van der Waals surface area contributed by atoms with Crippen LogP contribution in [0.4, 0.5) is 5.69 Å². The lowest BCUT2D eigenvalue weighted by Gasteiger charge is -2.12. The SMILES string of the molecule is COc1ccc(CCNC(=O)c2ccccc2NC(=O)c2ccc(I)cc2)cc1OC. The van der Waals surface area contributed by atoms with Crippen LogP contribution in [0.15, 0.2) is 66.7 Å². The first kappa shape index (κ1) is 22.6. The molecule has 0 aliphatic heterocycles. The van der Waals surface area contributed by atoms with Gasteiger partial charge in [0, 0.05) is 15.7 Å². The van der Waals surface area contributed by atoms with Crippen LogP contribution in [-0.4, -0.2) is 32.6 Å². The molecule has 2 amide bonds. The zero-order valence-electron chi connectivity index (χ0n) is 17.3. The lowest BCUT2D eigenvalue weighted by Crippen LogP contribution is -2.27. The van der Waals surface area contributed by atoms with Crippen LogP contribution < -0.4 is 20.1 Å². The topological polar surface area (TPSA) is 76.7 Å². The molecule has 3 aromatic rings. The first-order valence-corrected chi connectivity index (χ1v) is 10.7. The maximum Gasteiger partial charge on any atom is 0.255 e. The van der Waals surface area contributed by atoms with Gasteiger partial charge in [-0.05, 0) is 83.1 Å². The third-order valence-corrected chi connectivity index (χ3v) is 5.39. The van der Waals surface area contributed by atoms with Crippen LogP contribution in [0.1, 0.15) is 26.3 Å². The summed E-state index contributed by atoms with van der Waals surface area (Å²) in [6.07, 6.45) is 0.628. The standard InChI is InChI=1S/C24H23IN2O4/c1-30-21-12-7-16(15-22(21)31-2)13-14-26-24(29)19-5-3-4-6-20(19)27-23(28)17-8-10-18(25)11-9-17/h3-12,15H,13-14H2,1-2H3,(H,26,29)(H,27,28). The number of rotatable bonds is 8. The van der Waals surface area contributed by atoms with Crippen molar-refractivity contribution < 1.29 is 19.1 Å². The molecular weight excluding hydrogens is 507 g/mol. The van der Waals surface area contributed by atoms with Gasteiger partial charge in [0.1, 0.15) is 0 Å². The van der Waals surface area contributed by atoms with Crippen LogP contribution in [0.25, 0.3) is 0 Å². The second-order valence-corrected chi connectivity index (χ2v) is 7.95. The van der Waals surface area contributed by atoms with Crippen molar-refractivity contribution in [3.05, 3.63) is 87.0 Å². The van der Waals surface area contributed by atoms with E-state index < -0.39 is 0 Å². The van der Waals surface area contributed by atoms with E-state index in [0.717, 1.165) is 9.13 Å². The number of nitrogens with one attached hydrogen (secondary N) is 2. The molecule has 160 valence electrons. The largest absolute Gasteiger partial charge is 0.493 e. The van der Waals surface area contributed by atoms with Gasteiger partial charge in [-0.1, -0.05) is 18.2 Å². The molecule has 0 atom stereocenters. The minimum Gasteiger partial charge on any atom is -0.493 e. The fourth-order valence-corrected chi connectivity index (χ4v) is 3.40. The second-order valence-electron chi connectivity index (χ2n) is 6.70. The lowest BCUT2D eigenvalue weighted by molar-refractivity contribution is 0.0955. The molecule has 0 aromatic heterocycles. The molecule has 0 saturated carbocycles. The monoisotopic (exact) mass is 530 g/mol. The quantitative estimate of drug-likeness (QED) is 0.420. The molecule has 0 radical (unpaired) electrons. The number of hydrogen-bond donors (Lipinski definition) is 2. The molecule has 3 aromatic carbocycles. The molecule has 6 nitrogen and oxygen atoms in total. The normalized spacial score (nSPS) is 10.3. The molecule has 0 fully saturated rings. The van der Waals surface area contributed by atoms with Crippen LogP contribution in [0.5, 0.6) is 11.5 Å². The number of benzene rings is 3. The average molecular weight is 530 g/mol. The molecule has 0 bridgehead atoms. The predicted octanol–water partition coefficient (Wildman–Crippen LogP) is 4.53. The van der Waals surface area contributed by atoms with Crippen molar-refractivity contribution in [2.24, 2.45) is 0 Å². The van der Waals surface area contributed by atoms with Gasteiger partial charge in [0.05, 0.1) is 25.5 Å². The van der Waals surface area contributed by atoms with Crippen molar-refractivity contribution in [1.82, 2.24) is 5.32 Å². The molecule has 0 spiro atoms. The maximum absolute atomic E-state index is 12.7. The van der Waals surface area contributed by atoms with Gasteiger partial charge in [-0.2, -0.15) is 0 Å². The Morgan fingerprint density at radius 3 is 2.29 bits per heavy atom. The van der Waals surface area contributed by atoms with Gasteiger partial charge in [-0.15, -0.1) is 0 Å². The number of amides is 2. The lowest BCUT2D eigenvalue weighted by atomic mass is 10.1. The zero-order chi connectivity index (χ0) is 22.2. The average Bonchev–Trinajstić information content (AvgIpc) is 2.79. The van der Waals surface area contributed by atoms with Crippen LogP contribution in [0, 0.1) is 3.57 Å². The van der Waals surface area contributed by atoms with Crippen LogP contribution >= 0.6 is 22.6 Å². The third kappa shape index (κ3) is 5.97. The Morgan fingerprint density at radius 1 is 0.871 bits per heavy atom. The van der Waals surface area contributed by atoms with Gasteiger partial charge in [0.15, 0.2) is 11.5 Å². The van der Waals surface area contributed by atoms with Gasteiger partial charge >= 0.3 is 0 Å². The number of anilines is 1. The minimum atomic E-state index is -0.262. The highest BCUT2D eigenvalue weighted by Gasteiger charge is 2.14. The number of carbonyl (C=O) groups excluding carboxylic acids is 2. The Kier molecular flexibility index (Phi) is 7.88. The van der Waals surface area contributed by atoms with Crippen LogP contribution in [-0.2, 0) is 6.42 Å². The minimum absolute atomic E-state index is 0.251. The number of halogens is 1. The fourth-order valence-electron chi connectivity index (χ4n) is 3.04.